The zero-order valence-electron chi connectivity index (χ0n) is 11.8. The maximum absolute atomic E-state index is 9.25. The molecule has 0 radical (unpaired) electrons. The molecule has 0 amide bonds. The Morgan fingerprint density at radius 3 is 2.62 bits per heavy atom. The van der Waals surface area contributed by atoms with Gasteiger partial charge in [0.15, 0.2) is 0 Å². The number of nitrogens with one attached hydrogen (secondary N) is 1. The highest BCUT2D eigenvalue weighted by Gasteiger charge is 2.01. The number of rotatable bonds is 5. The molecule has 0 saturated heterocycles. The molecule has 0 atom stereocenters. The molecule has 1 heterocycles. The zero-order chi connectivity index (χ0) is 14.5. The predicted octanol–water partition coefficient (Wildman–Crippen LogP) is 3.27. The number of pyridine rings is 1. The summed E-state index contributed by atoms with van der Waals surface area (Å²) in [5.74, 6) is 0.306. The van der Waals surface area contributed by atoms with Crippen LogP contribution in [0.4, 0.5) is 0 Å². The van der Waals surface area contributed by atoms with Crippen LogP contribution in [0.1, 0.15) is 11.1 Å². The first-order valence-corrected chi connectivity index (χ1v) is 7.14. The van der Waals surface area contributed by atoms with E-state index in [0.717, 1.165) is 25.0 Å². The Balaban J connectivity index is 1.58. The van der Waals surface area contributed by atoms with E-state index < -0.39 is 0 Å². The first-order chi connectivity index (χ1) is 10.3. The maximum atomic E-state index is 9.25. The lowest BCUT2D eigenvalue weighted by Crippen LogP contribution is -2.16. The molecular formula is C18H18N2O. The second-order valence-corrected chi connectivity index (χ2v) is 5.09. The Kier molecular flexibility index (Phi) is 4.12. The molecule has 2 N–H and O–H groups in total. The van der Waals surface area contributed by atoms with E-state index >= 15 is 0 Å². The highest BCUT2D eigenvalue weighted by Crippen LogP contribution is 2.16. The monoisotopic (exact) mass is 278 g/mol. The molecule has 1 aromatic heterocycles. The molecule has 0 unspecified atom stereocenters. The van der Waals surface area contributed by atoms with E-state index in [1.54, 1.807) is 12.1 Å². The third-order valence-corrected chi connectivity index (χ3v) is 3.55. The summed E-state index contributed by atoms with van der Waals surface area (Å²) in [4.78, 5) is 4.47. The number of fused-ring (bicyclic) bond motifs is 1. The van der Waals surface area contributed by atoms with Crippen LogP contribution in [0.25, 0.3) is 10.9 Å². The van der Waals surface area contributed by atoms with E-state index in [-0.39, 0.29) is 0 Å². The third-order valence-electron chi connectivity index (χ3n) is 3.55. The van der Waals surface area contributed by atoms with Gasteiger partial charge in [-0.1, -0.05) is 36.4 Å². The first kappa shape index (κ1) is 13.6. The van der Waals surface area contributed by atoms with Crippen molar-refractivity contribution in [3.8, 4) is 5.75 Å². The number of aromatic nitrogens is 1. The average Bonchev–Trinajstić information content (AvgIpc) is 2.53. The van der Waals surface area contributed by atoms with Crippen molar-refractivity contribution < 1.29 is 5.11 Å². The van der Waals surface area contributed by atoms with Crippen LogP contribution in [0.3, 0.4) is 0 Å². The van der Waals surface area contributed by atoms with Crippen LogP contribution in [-0.4, -0.2) is 16.6 Å². The Labute approximate surface area is 124 Å². The van der Waals surface area contributed by atoms with E-state index in [1.165, 1.54) is 16.5 Å². The van der Waals surface area contributed by atoms with Gasteiger partial charge >= 0.3 is 0 Å². The lowest BCUT2D eigenvalue weighted by atomic mass is 10.1. The van der Waals surface area contributed by atoms with Gasteiger partial charge in [0.1, 0.15) is 5.75 Å². The minimum absolute atomic E-state index is 0.306. The fraction of sp³-hybridized carbons (Fsp3) is 0.167. The van der Waals surface area contributed by atoms with Crippen molar-refractivity contribution in [2.75, 3.05) is 6.54 Å². The van der Waals surface area contributed by atoms with Gasteiger partial charge in [0, 0.05) is 18.1 Å². The predicted molar refractivity (Wildman–Crippen MR) is 85.3 cm³/mol. The van der Waals surface area contributed by atoms with Gasteiger partial charge in [0.05, 0.1) is 5.52 Å². The lowest BCUT2D eigenvalue weighted by molar-refractivity contribution is 0.475. The molecule has 106 valence electrons. The molecule has 0 aliphatic rings. The summed E-state index contributed by atoms with van der Waals surface area (Å²) in [7, 11) is 0. The highest BCUT2D eigenvalue weighted by molar-refractivity contribution is 5.81. The van der Waals surface area contributed by atoms with Gasteiger partial charge in [-0.2, -0.15) is 0 Å². The fourth-order valence-electron chi connectivity index (χ4n) is 2.44. The Bertz CT molecular complexity index is 717. The molecule has 2 aromatic carbocycles. The number of nitrogens with zero attached hydrogens (tertiary/aromatic N) is 1. The van der Waals surface area contributed by atoms with Crippen LogP contribution in [0.5, 0.6) is 5.75 Å². The normalized spacial score (nSPS) is 10.9. The van der Waals surface area contributed by atoms with Crippen molar-refractivity contribution in [1.29, 1.82) is 0 Å². The standard InChI is InChI=1S/C18H18N2O/c21-17-8-6-14(7-9-17)13-19-12-10-16-4-1-3-15-5-2-11-20-18(15)16/h1-9,11,19,21H,10,12-13H2. The van der Waals surface area contributed by atoms with E-state index in [4.69, 9.17) is 0 Å². The van der Waals surface area contributed by atoms with Crippen molar-refractivity contribution in [2.45, 2.75) is 13.0 Å². The maximum Gasteiger partial charge on any atom is 0.115 e. The van der Waals surface area contributed by atoms with Crippen molar-refractivity contribution in [3.05, 3.63) is 71.9 Å². The van der Waals surface area contributed by atoms with Gasteiger partial charge in [-0.05, 0) is 42.3 Å². The van der Waals surface area contributed by atoms with E-state index in [0.29, 0.717) is 5.75 Å². The van der Waals surface area contributed by atoms with Crippen LogP contribution >= 0.6 is 0 Å². The van der Waals surface area contributed by atoms with Crippen LogP contribution in [0.2, 0.25) is 0 Å². The number of benzene rings is 2. The average molecular weight is 278 g/mol. The summed E-state index contributed by atoms with van der Waals surface area (Å²) >= 11 is 0. The molecule has 0 saturated carbocycles. The SMILES string of the molecule is Oc1ccc(CNCCc2cccc3cccnc23)cc1. The van der Waals surface area contributed by atoms with Crippen LogP contribution in [0.15, 0.2) is 60.8 Å². The zero-order valence-corrected chi connectivity index (χ0v) is 11.8. The molecule has 0 aliphatic heterocycles. The molecule has 0 bridgehead atoms. The van der Waals surface area contributed by atoms with Gasteiger partial charge in [0.25, 0.3) is 0 Å². The molecule has 3 heteroatoms. The summed E-state index contributed by atoms with van der Waals surface area (Å²) < 4.78 is 0. The topological polar surface area (TPSA) is 45.1 Å². The quantitative estimate of drug-likeness (QED) is 0.704. The molecular weight excluding hydrogens is 260 g/mol. The molecule has 21 heavy (non-hydrogen) atoms. The summed E-state index contributed by atoms with van der Waals surface area (Å²) in [6.45, 7) is 1.70. The smallest absolute Gasteiger partial charge is 0.115 e. The Morgan fingerprint density at radius 2 is 1.76 bits per heavy atom. The summed E-state index contributed by atoms with van der Waals surface area (Å²) in [5, 5.41) is 13.9. The van der Waals surface area contributed by atoms with Gasteiger partial charge in [0.2, 0.25) is 0 Å². The number of para-hydroxylation sites is 1. The van der Waals surface area contributed by atoms with Gasteiger partial charge in [-0.15, -0.1) is 0 Å². The molecule has 3 rings (SSSR count). The van der Waals surface area contributed by atoms with Crippen LogP contribution in [0, 0.1) is 0 Å². The minimum atomic E-state index is 0.306. The summed E-state index contributed by atoms with van der Waals surface area (Å²) in [6.07, 6.45) is 2.79. The van der Waals surface area contributed by atoms with E-state index in [9.17, 15) is 5.11 Å². The van der Waals surface area contributed by atoms with Gasteiger partial charge < -0.3 is 10.4 Å². The molecule has 0 aliphatic carbocycles. The van der Waals surface area contributed by atoms with Crippen molar-refractivity contribution in [3.63, 3.8) is 0 Å². The number of hydrogen-bond donors (Lipinski definition) is 2. The molecule has 3 nitrogen and oxygen atoms in total. The minimum Gasteiger partial charge on any atom is -0.508 e. The van der Waals surface area contributed by atoms with Crippen LogP contribution in [-0.2, 0) is 13.0 Å². The number of aromatic hydroxyl groups is 1. The van der Waals surface area contributed by atoms with Crippen molar-refractivity contribution >= 4 is 10.9 Å². The molecule has 0 fully saturated rings. The number of hydrogen-bond acceptors (Lipinski definition) is 3. The van der Waals surface area contributed by atoms with E-state index in [1.807, 2.05) is 24.4 Å². The number of phenols is 1. The second-order valence-electron chi connectivity index (χ2n) is 5.09. The summed E-state index contributed by atoms with van der Waals surface area (Å²) in [5.41, 5.74) is 3.53. The van der Waals surface area contributed by atoms with Crippen LogP contribution < -0.4 is 5.32 Å². The second kappa shape index (κ2) is 6.37. The largest absolute Gasteiger partial charge is 0.508 e. The third kappa shape index (κ3) is 3.38. The highest BCUT2D eigenvalue weighted by atomic mass is 16.3. The molecule has 3 aromatic rings. The first-order valence-electron chi connectivity index (χ1n) is 7.14. The Morgan fingerprint density at radius 1 is 0.952 bits per heavy atom. The van der Waals surface area contributed by atoms with Crippen molar-refractivity contribution in [2.24, 2.45) is 0 Å². The fourth-order valence-corrected chi connectivity index (χ4v) is 2.44. The number of phenolic OH excluding ortho intramolecular Hbond substituents is 1. The molecule has 0 spiro atoms. The van der Waals surface area contributed by atoms with Crippen molar-refractivity contribution in [1.82, 2.24) is 10.3 Å². The lowest BCUT2D eigenvalue weighted by Gasteiger charge is -2.07. The van der Waals surface area contributed by atoms with Gasteiger partial charge in [-0.3, -0.25) is 4.98 Å². The summed E-state index contributed by atoms with van der Waals surface area (Å²) in [6, 6.07) is 17.7. The van der Waals surface area contributed by atoms with Gasteiger partial charge in [-0.25, -0.2) is 0 Å². The Hall–Kier alpha value is -2.39. The van der Waals surface area contributed by atoms with E-state index in [2.05, 4.69) is 34.6 Å².